The van der Waals surface area contributed by atoms with Crippen LogP contribution in [0.5, 0.6) is 0 Å². The van der Waals surface area contributed by atoms with E-state index in [-0.39, 0.29) is 29.3 Å². The summed E-state index contributed by atoms with van der Waals surface area (Å²) in [6.07, 6.45) is 0.130. The number of ketones is 1. The Morgan fingerprint density at radius 1 is 1.20 bits per heavy atom. The molecule has 1 aliphatic rings. The highest BCUT2D eigenvalue weighted by Crippen LogP contribution is 2.41. The van der Waals surface area contributed by atoms with Gasteiger partial charge in [-0.1, -0.05) is 36.8 Å². The fraction of sp³-hybridized carbons (Fsp3) is 0.182. The van der Waals surface area contributed by atoms with Gasteiger partial charge in [0.15, 0.2) is 11.5 Å². The number of Topliss-reactive ketones (excluding diaryl/α,β-unsaturated/α-hetero) is 1. The maximum Gasteiger partial charge on any atom is 0.335 e. The first-order valence-electron chi connectivity index (χ1n) is 9.41. The zero-order valence-electron chi connectivity index (χ0n) is 16.3. The molecule has 30 heavy (non-hydrogen) atoms. The summed E-state index contributed by atoms with van der Waals surface area (Å²) in [7, 11) is 0. The minimum absolute atomic E-state index is 0.0276. The van der Waals surface area contributed by atoms with Gasteiger partial charge in [0.1, 0.15) is 0 Å². The molecule has 8 nitrogen and oxygen atoms in total. The molecule has 1 aliphatic heterocycles. The number of nitrogens with one attached hydrogen (secondary N) is 1. The fourth-order valence-corrected chi connectivity index (χ4v) is 3.70. The summed E-state index contributed by atoms with van der Waals surface area (Å²) in [5.74, 6) is -2.64. The molecule has 2 aromatic carbocycles. The molecule has 3 N–H and O–H groups in total. The first-order chi connectivity index (χ1) is 14.3. The van der Waals surface area contributed by atoms with E-state index in [9.17, 15) is 24.6 Å². The number of benzene rings is 2. The summed E-state index contributed by atoms with van der Waals surface area (Å²) >= 11 is 0. The van der Waals surface area contributed by atoms with E-state index < -0.39 is 23.7 Å². The standard InChI is InChI=1S/C22H19N3O5/c1-3-16(26)17-18(12-6-4-5-11(2)9-12)25(20(28)19(17)27)22-23-14-8-7-13(21(29)30)10-15(14)24-22/h4-10,18,27H,3H2,1-2H3,(H,23,24)(H,29,30). The molecule has 8 heteroatoms. The molecule has 1 aromatic heterocycles. The lowest BCUT2D eigenvalue weighted by Gasteiger charge is -2.24. The van der Waals surface area contributed by atoms with Crippen LogP contribution in [0.15, 0.2) is 53.8 Å². The maximum absolute atomic E-state index is 13.0. The van der Waals surface area contributed by atoms with Crippen LogP contribution in [-0.4, -0.2) is 37.8 Å². The quantitative estimate of drug-likeness (QED) is 0.597. The lowest BCUT2D eigenvalue weighted by atomic mass is 9.94. The second kappa shape index (κ2) is 7.14. The van der Waals surface area contributed by atoms with Crippen LogP contribution in [0.1, 0.15) is 40.9 Å². The van der Waals surface area contributed by atoms with Crippen molar-refractivity contribution in [3.05, 3.63) is 70.5 Å². The van der Waals surface area contributed by atoms with Crippen LogP contribution in [0.25, 0.3) is 11.0 Å². The SMILES string of the molecule is CCC(=O)C1=C(O)C(=O)N(c2nc3ccc(C(=O)O)cc3[nH]2)C1c1cccc(C)c1. The van der Waals surface area contributed by atoms with Gasteiger partial charge < -0.3 is 15.2 Å². The van der Waals surface area contributed by atoms with Crippen molar-refractivity contribution >= 4 is 34.6 Å². The predicted octanol–water partition coefficient (Wildman–Crippen LogP) is 3.45. The molecule has 0 saturated carbocycles. The van der Waals surface area contributed by atoms with Gasteiger partial charge in [0.25, 0.3) is 5.91 Å². The van der Waals surface area contributed by atoms with E-state index in [1.54, 1.807) is 13.0 Å². The molecule has 1 amide bonds. The van der Waals surface area contributed by atoms with E-state index in [2.05, 4.69) is 9.97 Å². The van der Waals surface area contributed by atoms with Gasteiger partial charge in [0.2, 0.25) is 5.95 Å². The van der Waals surface area contributed by atoms with Crippen LogP contribution >= 0.6 is 0 Å². The number of aromatic carboxylic acids is 1. The number of rotatable bonds is 5. The van der Waals surface area contributed by atoms with Gasteiger partial charge in [-0.15, -0.1) is 0 Å². The number of nitrogens with zero attached hydrogens (tertiary/aromatic N) is 2. The van der Waals surface area contributed by atoms with Gasteiger partial charge in [-0.25, -0.2) is 9.78 Å². The van der Waals surface area contributed by atoms with Gasteiger partial charge in [-0.2, -0.15) is 0 Å². The first kappa shape index (κ1) is 19.4. The summed E-state index contributed by atoms with van der Waals surface area (Å²) in [4.78, 5) is 45.4. The Labute approximate surface area is 171 Å². The maximum atomic E-state index is 13.0. The number of aromatic nitrogens is 2. The molecule has 0 bridgehead atoms. The number of aliphatic hydroxyl groups is 1. The fourth-order valence-electron chi connectivity index (χ4n) is 3.70. The van der Waals surface area contributed by atoms with E-state index in [4.69, 9.17) is 0 Å². The summed E-state index contributed by atoms with van der Waals surface area (Å²) in [5.41, 5.74) is 2.58. The van der Waals surface area contributed by atoms with Crippen molar-refractivity contribution in [3.8, 4) is 0 Å². The van der Waals surface area contributed by atoms with Crippen LogP contribution in [0, 0.1) is 6.92 Å². The first-order valence-corrected chi connectivity index (χ1v) is 9.41. The van der Waals surface area contributed by atoms with Gasteiger partial charge >= 0.3 is 5.97 Å². The molecule has 152 valence electrons. The summed E-state index contributed by atoms with van der Waals surface area (Å²) in [5, 5.41) is 19.7. The molecule has 0 radical (unpaired) electrons. The molecule has 0 spiro atoms. The molecule has 4 rings (SSSR count). The van der Waals surface area contributed by atoms with Crippen molar-refractivity contribution in [3.63, 3.8) is 0 Å². The third-order valence-corrected chi connectivity index (χ3v) is 5.13. The van der Waals surface area contributed by atoms with Crippen molar-refractivity contribution < 1.29 is 24.6 Å². The highest BCUT2D eigenvalue weighted by atomic mass is 16.4. The Morgan fingerprint density at radius 2 is 1.97 bits per heavy atom. The van der Waals surface area contributed by atoms with Crippen molar-refractivity contribution in [1.29, 1.82) is 0 Å². The molecule has 1 unspecified atom stereocenters. The molecular formula is C22H19N3O5. The lowest BCUT2D eigenvalue weighted by Crippen LogP contribution is -2.32. The normalized spacial score (nSPS) is 16.5. The topological polar surface area (TPSA) is 124 Å². The van der Waals surface area contributed by atoms with Gasteiger partial charge in [0, 0.05) is 6.42 Å². The van der Waals surface area contributed by atoms with E-state index in [1.807, 2.05) is 25.1 Å². The number of anilines is 1. The Morgan fingerprint density at radius 3 is 2.63 bits per heavy atom. The molecule has 3 aromatic rings. The number of carbonyl (C=O) groups excluding carboxylic acids is 2. The highest BCUT2D eigenvalue weighted by Gasteiger charge is 2.45. The average molecular weight is 405 g/mol. The third-order valence-electron chi connectivity index (χ3n) is 5.13. The van der Waals surface area contributed by atoms with E-state index in [0.717, 1.165) is 5.56 Å². The van der Waals surface area contributed by atoms with E-state index >= 15 is 0 Å². The van der Waals surface area contributed by atoms with Crippen LogP contribution in [0.2, 0.25) is 0 Å². The van der Waals surface area contributed by atoms with Crippen molar-refractivity contribution in [2.75, 3.05) is 4.90 Å². The number of H-pyrrole nitrogens is 1. The molecular weight excluding hydrogens is 386 g/mol. The van der Waals surface area contributed by atoms with E-state index in [0.29, 0.717) is 16.6 Å². The molecule has 0 aliphatic carbocycles. The molecule has 0 fully saturated rings. The Bertz CT molecular complexity index is 1240. The second-order valence-electron chi connectivity index (χ2n) is 7.13. The zero-order chi connectivity index (χ0) is 21.6. The number of carboxylic acid groups (broad SMARTS) is 1. The lowest BCUT2D eigenvalue weighted by molar-refractivity contribution is -0.118. The van der Waals surface area contributed by atoms with Crippen molar-refractivity contribution in [2.24, 2.45) is 0 Å². The Kier molecular flexibility index (Phi) is 4.62. The van der Waals surface area contributed by atoms with Crippen LogP contribution in [0.3, 0.4) is 0 Å². The minimum atomic E-state index is -1.09. The smallest absolute Gasteiger partial charge is 0.335 e. The van der Waals surface area contributed by atoms with Gasteiger partial charge in [0.05, 0.1) is 28.2 Å². The van der Waals surface area contributed by atoms with Gasteiger partial charge in [-0.05, 0) is 30.7 Å². The zero-order valence-corrected chi connectivity index (χ0v) is 16.3. The van der Waals surface area contributed by atoms with Gasteiger partial charge in [-0.3, -0.25) is 14.5 Å². The number of fused-ring (bicyclic) bond motifs is 1. The number of hydrogen-bond donors (Lipinski definition) is 3. The van der Waals surface area contributed by atoms with Crippen LogP contribution < -0.4 is 4.90 Å². The number of carboxylic acids is 1. The Balaban J connectivity index is 1.89. The molecule has 0 saturated heterocycles. The van der Waals surface area contributed by atoms with Crippen LogP contribution in [0.4, 0.5) is 5.95 Å². The molecule has 1 atom stereocenters. The minimum Gasteiger partial charge on any atom is -0.503 e. The number of amides is 1. The number of aryl methyl sites for hydroxylation is 1. The monoisotopic (exact) mass is 405 g/mol. The second-order valence-corrected chi connectivity index (χ2v) is 7.13. The molecule has 2 heterocycles. The van der Waals surface area contributed by atoms with Crippen LogP contribution in [-0.2, 0) is 9.59 Å². The number of aromatic amines is 1. The summed E-state index contributed by atoms with van der Waals surface area (Å²) in [6.45, 7) is 3.56. The predicted molar refractivity (Wildman–Crippen MR) is 109 cm³/mol. The average Bonchev–Trinajstić information content (AvgIpc) is 3.25. The summed E-state index contributed by atoms with van der Waals surface area (Å²) < 4.78 is 0. The summed E-state index contributed by atoms with van der Waals surface area (Å²) in [6, 6.07) is 10.9. The van der Waals surface area contributed by atoms with Crippen molar-refractivity contribution in [2.45, 2.75) is 26.3 Å². The number of aliphatic hydroxyl groups excluding tert-OH is 1. The number of carbonyl (C=O) groups is 3. The highest BCUT2D eigenvalue weighted by molar-refractivity contribution is 6.16. The largest absolute Gasteiger partial charge is 0.503 e. The third kappa shape index (κ3) is 3.02. The number of imidazole rings is 1. The van der Waals surface area contributed by atoms with E-state index in [1.165, 1.54) is 23.1 Å². The Hall–Kier alpha value is -3.94. The van der Waals surface area contributed by atoms with Crippen molar-refractivity contribution in [1.82, 2.24) is 9.97 Å². The number of hydrogen-bond acceptors (Lipinski definition) is 5.